The molecule has 182 valence electrons. The second-order valence-corrected chi connectivity index (χ2v) is 11.7. The van der Waals surface area contributed by atoms with Gasteiger partial charge in [-0.1, -0.05) is 37.6 Å². The predicted octanol–water partition coefficient (Wildman–Crippen LogP) is 2.86. The number of sulfonamides is 1. The molecule has 2 aromatic rings. The van der Waals surface area contributed by atoms with Gasteiger partial charge in [0.2, 0.25) is 22.7 Å². The second-order valence-electron chi connectivity index (χ2n) is 9.73. The first-order valence-electron chi connectivity index (χ1n) is 11.7. The van der Waals surface area contributed by atoms with Gasteiger partial charge in [0, 0.05) is 19.6 Å². The fourth-order valence-electron chi connectivity index (χ4n) is 5.08. The van der Waals surface area contributed by atoms with Crippen molar-refractivity contribution in [3.05, 3.63) is 53.6 Å². The lowest BCUT2D eigenvalue weighted by Crippen LogP contribution is -2.59. The molecule has 0 aliphatic carbocycles. The molecule has 34 heavy (non-hydrogen) atoms. The summed E-state index contributed by atoms with van der Waals surface area (Å²) in [5.41, 5.74) is 1.39. The number of rotatable bonds is 5. The average molecular weight is 486 g/mol. The Labute approximate surface area is 200 Å². The third-order valence-electron chi connectivity index (χ3n) is 7.13. The zero-order valence-corrected chi connectivity index (χ0v) is 20.6. The van der Waals surface area contributed by atoms with Gasteiger partial charge in [-0.2, -0.15) is 4.31 Å². The van der Waals surface area contributed by atoms with Gasteiger partial charge in [-0.25, -0.2) is 8.42 Å². The van der Waals surface area contributed by atoms with Crippen LogP contribution in [0.4, 0.5) is 0 Å². The van der Waals surface area contributed by atoms with E-state index in [0.717, 1.165) is 11.1 Å². The number of amides is 1. The van der Waals surface area contributed by atoms with Crippen LogP contribution in [0.3, 0.4) is 0 Å². The highest BCUT2D eigenvalue weighted by Gasteiger charge is 2.53. The Bertz CT molecular complexity index is 1190. The van der Waals surface area contributed by atoms with Gasteiger partial charge in [0.25, 0.3) is 0 Å². The maximum atomic E-state index is 13.5. The summed E-state index contributed by atoms with van der Waals surface area (Å²) in [6.45, 7) is 7.32. The van der Waals surface area contributed by atoms with E-state index in [0.29, 0.717) is 48.9 Å². The van der Waals surface area contributed by atoms with Crippen LogP contribution in [-0.4, -0.2) is 55.1 Å². The molecule has 5 rings (SSSR count). The molecule has 0 bridgehead atoms. The van der Waals surface area contributed by atoms with Crippen molar-refractivity contribution in [3.8, 4) is 11.5 Å². The molecule has 0 saturated carbocycles. The summed E-state index contributed by atoms with van der Waals surface area (Å²) in [5.74, 6) is 1.58. The molecule has 2 saturated heterocycles. The van der Waals surface area contributed by atoms with Crippen molar-refractivity contribution >= 4 is 15.9 Å². The van der Waals surface area contributed by atoms with E-state index in [9.17, 15) is 13.2 Å². The maximum Gasteiger partial charge on any atom is 0.243 e. The topological polar surface area (TPSA) is 88.2 Å². The van der Waals surface area contributed by atoms with Gasteiger partial charge < -0.3 is 14.4 Å². The molecular weight excluding hydrogens is 454 g/mol. The molecule has 2 aromatic carbocycles. The average Bonchev–Trinajstić information content (AvgIpc) is 3.38. The summed E-state index contributed by atoms with van der Waals surface area (Å²) >= 11 is 0. The third-order valence-corrected chi connectivity index (χ3v) is 9.04. The molecule has 8 nitrogen and oxygen atoms in total. The third kappa shape index (κ3) is 3.95. The fourth-order valence-corrected chi connectivity index (χ4v) is 6.52. The lowest BCUT2D eigenvalue weighted by molar-refractivity contribution is -0.134. The number of benzene rings is 2. The van der Waals surface area contributed by atoms with Crippen LogP contribution >= 0.6 is 0 Å². The van der Waals surface area contributed by atoms with E-state index in [4.69, 9.17) is 9.47 Å². The number of nitrogens with zero attached hydrogens (tertiary/aromatic N) is 2. The lowest BCUT2D eigenvalue weighted by atomic mass is 9.96. The normalized spacial score (nSPS) is 22.2. The molecule has 0 aromatic heterocycles. The van der Waals surface area contributed by atoms with E-state index in [-0.39, 0.29) is 24.7 Å². The summed E-state index contributed by atoms with van der Waals surface area (Å²) in [6, 6.07) is 12.4. The minimum atomic E-state index is -3.58. The Morgan fingerprint density at radius 3 is 2.41 bits per heavy atom. The molecular formula is C25H31N3O5S. The first-order chi connectivity index (χ1) is 16.2. The summed E-state index contributed by atoms with van der Waals surface area (Å²) < 4.78 is 38.9. The van der Waals surface area contributed by atoms with Crippen LogP contribution < -0.4 is 14.8 Å². The van der Waals surface area contributed by atoms with Crippen molar-refractivity contribution in [2.24, 2.45) is 5.92 Å². The maximum absolute atomic E-state index is 13.5. The zero-order chi connectivity index (χ0) is 24.1. The number of piperidine rings is 1. The van der Waals surface area contributed by atoms with E-state index in [1.807, 2.05) is 56.0 Å². The van der Waals surface area contributed by atoms with Gasteiger partial charge in [0.1, 0.15) is 0 Å². The number of fused-ring (bicyclic) bond motifs is 1. The number of ether oxygens (including phenoxy) is 2. The molecule has 1 N–H and O–H groups in total. The Morgan fingerprint density at radius 2 is 1.74 bits per heavy atom. The van der Waals surface area contributed by atoms with Gasteiger partial charge in [-0.3, -0.25) is 10.1 Å². The molecule has 3 aliphatic rings. The molecule has 1 atom stereocenters. The number of hydrogen-bond acceptors (Lipinski definition) is 6. The zero-order valence-electron chi connectivity index (χ0n) is 19.8. The quantitative estimate of drug-likeness (QED) is 0.701. The van der Waals surface area contributed by atoms with Crippen LogP contribution in [0.1, 0.15) is 37.8 Å². The van der Waals surface area contributed by atoms with Gasteiger partial charge in [-0.15, -0.1) is 0 Å². The number of carbonyl (C=O) groups excluding carboxylic acids is 1. The standard InChI is InChI=1S/C25H31N3O5S/c1-17(2)23-24(29)28(15-19-6-9-21-22(14-19)33-16-32-21)25(26-23)10-12-27(13-11-25)34(30,31)20-7-4-18(3)5-8-20/h4-9,14,17,23,26H,10-13,15-16H2,1-3H3/t23-/m0/s1. The number of hydrogen-bond donors (Lipinski definition) is 1. The predicted molar refractivity (Wildman–Crippen MR) is 127 cm³/mol. The highest BCUT2D eigenvalue weighted by Crippen LogP contribution is 2.38. The first kappa shape index (κ1) is 23.1. The van der Waals surface area contributed by atoms with E-state index < -0.39 is 15.7 Å². The van der Waals surface area contributed by atoms with E-state index >= 15 is 0 Å². The van der Waals surface area contributed by atoms with Gasteiger partial charge in [0.15, 0.2) is 11.5 Å². The van der Waals surface area contributed by atoms with E-state index in [1.54, 1.807) is 12.1 Å². The van der Waals surface area contributed by atoms with Crippen molar-refractivity contribution in [2.75, 3.05) is 19.9 Å². The molecule has 0 unspecified atom stereocenters. The van der Waals surface area contributed by atoms with Crippen molar-refractivity contribution in [2.45, 2.75) is 56.8 Å². The van der Waals surface area contributed by atoms with Crippen LogP contribution in [-0.2, 0) is 21.4 Å². The number of nitrogens with one attached hydrogen (secondary N) is 1. The second kappa shape index (κ2) is 8.55. The minimum absolute atomic E-state index is 0.0579. The lowest BCUT2D eigenvalue weighted by Gasteiger charge is -2.44. The number of aryl methyl sites for hydroxylation is 1. The van der Waals surface area contributed by atoms with Crippen molar-refractivity contribution in [1.29, 1.82) is 0 Å². The Kier molecular flexibility index (Phi) is 5.82. The molecule has 1 amide bonds. The van der Waals surface area contributed by atoms with Gasteiger partial charge in [0.05, 0.1) is 16.6 Å². The molecule has 3 heterocycles. The molecule has 1 spiro atoms. The van der Waals surface area contributed by atoms with Crippen molar-refractivity contribution in [1.82, 2.24) is 14.5 Å². The van der Waals surface area contributed by atoms with E-state index in [2.05, 4.69) is 5.32 Å². The summed E-state index contributed by atoms with van der Waals surface area (Å²) in [4.78, 5) is 15.7. The van der Waals surface area contributed by atoms with Crippen LogP contribution in [0.15, 0.2) is 47.4 Å². The first-order valence-corrected chi connectivity index (χ1v) is 13.2. The van der Waals surface area contributed by atoms with Gasteiger partial charge >= 0.3 is 0 Å². The SMILES string of the molecule is Cc1ccc(S(=O)(=O)N2CCC3(CC2)N[C@@H](C(C)C)C(=O)N3Cc2ccc3c(c2)OCO3)cc1. The van der Waals surface area contributed by atoms with E-state index in [1.165, 1.54) is 4.31 Å². The Hall–Kier alpha value is -2.62. The summed E-state index contributed by atoms with van der Waals surface area (Å²) in [7, 11) is -3.58. The minimum Gasteiger partial charge on any atom is -0.454 e. The highest BCUT2D eigenvalue weighted by atomic mass is 32.2. The highest BCUT2D eigenvalue weighted by molar-refractivity contribution is 7.89. The monoisotopic (exact) mass is 485 g/mol. The number of carbonyl (C=O) groups is 1. The van der Waals surface area contributed by atoms with Gasteiger partial charge in [-0.05, 0) is 55.5 Å². The van der Waals surface area contributed by atoms with Crippen LogP contribution in [0.25, 0.3) is 0 Å². The largest absolute Gasteiger partial charge is 0.454 e. The summed E-state index contributed by atoms with van der Waals surface area (Å²) in [5, 5.41) is 3.60. The van der Waals surface area contributed by atoms with Crippen LogP contribution in [0.2, 0.25) is 0 Å². The molecule has 9 heteroatoms. The Balaban J connectivity index is 1.38. The molecule has 3 aliphatic heterocycles. The molecule has 0 radical (unpaired) electrons. The van der Waals surface area contributed by atoms with Crippen LogP contribution in [0, 0.1) is 12.8 Å². The Morgan fingerprint density at radius 1 is 1.06 bits per heavy atom. The molecule has 2 fully saturated rings. The fraction of sp³-hybridized carbons (Fsp3) is 0.480. The smallest absolute Gasteiger partial charge is 0.243 e. The summed E-state index contributed by atoms with van der Waals surface area (Å²) in [6.07, 6.45) is 1.05. The van der Waals surface area contributed by atoms with Crippen molar-refractivity contribution in [3.63, 3.8) is 0 Å². The van der Waals surface area contributed by atoms with Crippen molar-refractivity contribution < 1.29 is 22.7 Å². The van der Waals surface area contributed by atoms with Crippen LogP contribution in [0.5, 0.6) is 11.5 Å².